The van der Waals surface area contributed by atoms with Crippen molar-refractivity contribution >= 4 is 11.5 Å². The fourth-order valence-electron chi connectivity index (χ4n) is 1.38. The largest absolute Gasteiger partial charge is 0.433 e. The Balaban J connectivity index is 2.43. The molecular formula is C11H5F4N3O3. The Morgan fingerprint density at radius 1 is 1.05 bits per heavy atom. The van der Waals surface area contributed by atoms with Crippen LogP contribution < -0.4 is 10.5 Å². The first kappa shape index (κ1) is 14.5. The second kappa shape index (κ2) is 5.23. The molecule has 2 rings (SSSR count). The van der Waals surface area contributed by atoms with Gasteiger partial charge in [-0.15, -0.1) is 0 Å². The number of nitro groups is 1. The molecule has 0 amide bonds. The molecule has 0 bridgehead atoms. The van der Waals surface area contributed by atoms with Crippen LogP contribution in [0.15, 0.2) is 18.2 Å². The fraction of sp³-hybridized carbons (Fsp3) is 0. The highest BCUT2D eigenvalue weighted by molar-refractivity contribution is 5.42. The van der Waals surface area contributed by atoms with Gasteiger partial charge in [-0.2, -0.15) is 9.37 Å². The van der Waals surface area contributed by atoms with Crippen molar-refractivity contribution in [3.05, 3.63) is 51.6 Å². The number of aromatic nitrogens is 1. The van der Waals surface area contributed by atoms with Gasteiger partial charge in [-0.3, -0.25) is 10.1 Å². The van der Waals surface area contributed by atoms with E-state index < -0.39 is 51.3 Å². The van der Waals surface area contributed by atoms with E-state index in [2.05, 4.69) is 9.72 Å². The minimum Gasteiger partial charge on any atom is -0.433 e. The Bertz CT molecular complexity index is 739. The molecule has 0 aliphatic rings. The predicted octanol–water partition coefficient (Wildman–Crippen LogP) is 2.92. The zero-order valence-corrected chi connectivity index (χ0v) is 9.94. The maximum Gasteiger partial charge on any atom is 0.307 e. The second-order valence-corrected chi connectivity index (χ2v) is 3.74. The molecule has 0 aliphatic carbocycles. The molecule has 1 aromatic carbocycles. The van der Waals surface area contributed by atoms with E-state index in [4.69, 9.17) is 5.73 Å². The van der Waals surface area contributed by atoms with Crippen LogP contribution in [0, 0.1) is 33.4 Å². The van der Waals surface area contributed by atoms with Crippen LogP contribution in [0.1, 0.15) is 0 Å². The van der Waals surface area contributed by atoms with Crippen molar-refractivity contribution in [2.75, 3.05) is 5.73 Å². The normalized spacial score (nSPS) is 10.5. The van der Waals surface area contributed by atoms with Gasteiger partial charge in [-0.1, -0.05) is 0 Å². The second-order valence-electron chi connectivity index (χ2n) is 3.74. The number of anilines is 1. The van der Waals surface area contributed by atoms with E-state index in [1.165, 1.54) is 0 Å². The van der Waals surface area contributed by atoms with Gasteiger partial charge in [0.1, 0.15) is 0 Å². The molecule has 21 heavy (non-hydrogen) atoms. The van der Waals surface area contributed by atoms with Gasteiger partial charge in [-0.05, 0) is 0 Å². The summed E-state index contributed by atoms with van der Waals surface area (Å²) in [5.41, 5.74) is 3.97. The number of ether oxygens (including phenoxy) is 1. The SMILES string of the molecule is Nc1nc(Oc2cc(F)c([N+](=O)[O-])cc2F)c(F)cc1F. The van der Waals surface area contributed by atoms with E-state index in [9.17, 15) is 27.7 Å². The number of nitrogen functional groups attached to an aromatic ring is 1. The van der Waals surface area contributed by atoms with Gasteiger partial charge in [0, 0.05) is 12.1 Å². The topological polar surface area (TPSA) is 91.3 Å². The van der Waals surface area contributed by atoms with Crippen LogP contribution in [0.5, 0.6) is 11.6 Å². The first-order valence-electron chi connectivity index (χ1n) is 5.22. The molecule has 0 spiro atoms. The lowest BCUT2D eigenvalue weighted by atomic mass is 10.3. The summed E-state index contributed by atoms with van der Waals surface area (Å²) in [7, 11) is 0. The van der Waals surface area contributed by atoms with Gasteiger partial charge in [0.2, 0.25) is 5.82 Å². The monoisotopic (exact) mass is 303 g/mol. The highest BCUT2D eigenvalue weighted by Gasteiger charge is 2.21. The lowest BCUT2D eigenvalue weighted by Gasteiger charge is -2.08. The maximum atomic E-state index is 13.5. The Hall–Kier alpha value is -2.91. The standard InChI is InChI=1S/C11H5F4N3O3/c12-4-3-9(5(13)2-8(4)18(19)20)21-11-7(15)1-6(14)10(16)17-11/h1-3H,(H2,16,17). The predicted molar refractivity (Wildman–Crippen MR) is 61.7 cm³/mol. The molecular weight excluding hydrogens is 298 g/mol. The first-order valence-corrected chi connectivity index (χ1v) is 5.22. The average Bonchev–Trinajstić information content (AvgIpc) is 2.39. The maximum absolute atomic E-state index is 13.5. The Morgan fingerprint density at radius 3 is 2.33 bits per heavy atom. The van der Waals surface area contributed by atoms with E-state index in [-0.39, 0.29) is 6.07 Å². The summed E-state index contributed by atoms with van der Waals surface area (Å²) < 4.78 is 57.7. The van der Waals surface area contributed by atoms with E-state index in [1.54, 1.807) is 0 Å². The van der Waals surface area contributed by atoms with Crippen molar-refractivity contribution in [2.24, 2.45) is 0 Å². The number of benzene rings is 1. The van der Waals surface area contributed by atoms with Crippen LogP contribution in [-0.2, 0) is 0 Å². The van der Waals surface area contributed by atoms with Crippen LogP contribution >= 0.6 is 0 Å². The van der Waals surface area contributed by atoms with Crippen molar-refractivity contribution in [1.29, 1.82) is 0 Å². The first-order chi connectivity index (χ1) is 9.79. The lowest BCUT2D eigenvalue weighted by molar-refractivity contribution is -0.387. The Morgan fingerprint density at radius 2 is 1.71 bits per heavy atom. The number of hydrogen-bond acceptors (Lipinski definition) is 5. The lowest BCUT2D eigenvalue weighted by Crippen LogP contribution is -2.02. The summed E-state index contributed by atoms with van der Waals surface area (Å²) in [5, 5.41) is 10.4. The summed E-state index contributed by atoms with van der Waals surface area (Å²) >= 11 is 0. The van der Waals surface area contributed by atoms with Gasteiger partial charge in [0.15, 0.2) is 29.0 Å². The van der Waals surface area contributed by atoms with Crippen LogP contribution in [-0.4, -0.2) is 9.91 Å². The fourth-order valence-corrected chi connectivity index (χ4v) is 1.38. The number of rotatable bonds is 3. The highest BCUT2D eigenvalue weighted by Crippen LogP contribution is 2.31. The molecule has 110 valence electrons. The molecule has 1 aromatic heterocycles. The molecule has 2 aromatic rings. The highest BCUT2D eigenvalue weighted by atomic mass is 19.1. The quantitative estimate of drug-likeness (QED) is 0.535. The molecule has 0 saturated carbocycles. The summed E-state index contributed by atoms with van der Waals surface area (Å²) in [5.74, 6) is -7.67. The van der Waals surface area contributed by atoms with Gasteiger partial charge >= 0.3 is 5.69 Å². The van der Waals surface area contributed by atoms with E-state index in [0.29, 0.717) is 12.1 Å². The van der Waals surface area contributed by atoms with Gasteiger partial charge < -0.3 is 10.5 Å². The minimum absolute atomic E-state index is 0.259. The zero-order chi connectivity index (χ0) is 15.7. The summed E-state index contributed by atoms with van der Waals surface area (Å²) in [6, 6.07) is 0.945. The Kier molecular flexibility index (Phi) is 3.61. The number of nitro benzene ring substituents is 1. The zero-order valence-electron chi connectivity index (χ0n) is 9.94. The van der Waals surface area contributed by atoms with Crippen molar-refractivity contribution in [3.8, 4) is 11.6 Å². The minimum atomic E-state index is -1.40. The summed E-state index contributed by atoms with van der Waals surface area (Å²) in [6.45, 7) is 0. The summed E-state index contributed by atoms with van der Waals surface area (Å²) in [6.07, 6.45) is 0. The third-order valence-corrected chi connectivity index (χ3v) is 2.33. The molecule has 1 heterocycles. The van der Waals surface area contributed by atoms with E-state index >= 15 is 0 Å². The van der Waals surface area contributed by atoms with Crippen molar-refractivity contribution < 1.29 is 27.2 Å². The molecule has 0 radical (unpaired) electrons. The van der Waals surface area contributed by atoms with Gasteiger partial charge in [0.05, 0.1) is 11.0 Å². The van der Waals surface area contributed by atoms with Crippen molar-refractivity contribution in [1.82, 2.24) is 4.98 Å². The average molecular weight is 303 g/mol. The van der Waals surface area contributed by atoms with Gasteiger partial charge in [0.25, 0.3) is 5.88 Å². The molecule has 0 aliphatic heterocycles. The number of hydrogen-bond donors (Lipinski definition) is 1. The van der Waals surface area contributed by atoms with Crippen LogP contribution in [0.25, 0.3) is 0 Å². The summed E-state index contributed by atoms with van der Waals surface area (Å²) in [4.78, 5) is 12.4. The third kappa shape index (κ3) is 2.83. The molecule has 6 nitrogen and oxygen atoms in total. The molecule has 0 fully saturated rings. The molecule has 10 heteroatoms. The smallest absolute Gasteiger partial charge is 0.307 e. The van der Waals surface area contributed by atoms with E-state index in [0.717, 1.165) is 0 Å². The van der Waals surface area contributed by atoms with Crippen LogP contribution in [0.3, 0.4) is 0 Å². The molecule has 2 N–H and O–H groups in total. The molecule has 0 unspecified atom stereocenters. The molecule has 0 saturated heterocycles. The Labute approximate surface area is 113 Å². The number of halogens is 4. The molecule has 0 atom stereocenters. The van der Waals surface area contributed by atoms with Crippen LogP contribution in [0.2, 0.25) is 0 Å². The van der Waals surface area contributed by atoms with Crippen molar-refractivity contribution in [2.45, 2.75) is 0 Å². The van der Waals surface area contributed by atoms with E-state index in [1.807, 2.05) is 0 Å². The third-order valence-electron chi connectivity index (χ3n) is 2.33. The number of pyridine rings is 1. The number of nitrogens with zero attached hydrogens (tertiary/aromatic N) is 2. The van der Waals surface area contributed by atoms with Crippen molar-refractivity contribution in [3.63, 3.8) is 0 Å². The number of nitrogens with two attached hydrogens (primary N) is 1. The van der Waals surface area contributed by atoms with Crippen LogP contribution in [0.4, 0.5) is 29.1 Å². The van der Waals surface area contributed by atoms with Gasteiger partial charge in [-0.25, -0.2) is 13.2 Å².